The van der Waals surface area contributed by atoms with Gasteiger partial charge in [-0.15, -0.1) is 0 Å². The number of benzene rings is 1. The van der Waals surface area contributed by atoms with Crippen LogP contribution in [-0.2, 0) is 12.1 Å². The molecule has 0 saturated carbocycles. The Morgan fingerprint density at radius 1 is 1.07 bits per heavy atom. The number of hydrogen-bond acceptors (Lipinski definition) is 3. The molecule has 0 fully saturated rings. The van der Waals surface area contributed by atoms with Gasteiger partial charge in [0.1, 0.15) is 6.61 Å². The summed E-state index contributed by atoms with van der Waals surface area (Å²) in [6.07, 6.45) is -1.07. The zero-order valence-electron chi connectivity index (χ0n) is 14.5. The molecule has 28 heavy (non-hydrogen) atoms. The molecule has 9 heteroatoms. The number of hydrogen-bond donors (Lipinski definition) is 1. The van der Waals surface area contributed by atoms with Gasteiger partial charge in [0.25, 0.3) is 5.92 Å². The van der Waals surface area contributed by atoms with E-state index in [0.717, 1.165) is 30.0 Å². The Kier molecular flexibility index (Phi) is 5.63. The van der Waals surface area contributed by atoms with Crippen LogP contribution in [0.15, 0.2) is 42.6 Å². The van der Waals surface area contributed by atoms with Crippen molar-refractivity contribution in [3.8, 4) is 0 Å². The van der Waals surface area contributed by atoms with Crippen molar-refractivity contribution < 1.29 is 27.1 Å². The third-order valence-corrected chi connectivity index (χ3v) is 4.82. The van der Waals surface area contributed by atoms with E-state index >= 15 is 0 Å². The summed E-state index contributed by atoms with van der Waals surface area (Å²) >= 11 is 6.10. The van der Waals surface area contributed by atoms with Crippen LogP contribution in [0.5, 0.6) is 0 Å². The minimum Gasteiger partial charge on any atom is -0.390 e. The van der Waals surface area contributed by atoms with E-state index in [4.69, 9.17) is 16.7 Å². The zero-order chi connectivity index (χ0) is 20.5. The van der Waals surface area contributed by atoms with Gasteiger partial charge in [-0.2, -0.15) is 22.0 Å². The van der Waals surface area contributed by atoms with Gasteiger partial charge in [0.05, 0.1) is 16.3 Å². The Morgan fingerprint density at radius 3 is 2.25 bits per heavy atom. The van der Waals surface area contributed by atoms with Crippen molar-refractivity contribution in [2.75, 3.05) is 24.6 Å². The SMILES string of the molecule is OCC(F)(F)c1cnc(C2=CCN(c3ccc(C(F)(F)F)cc3)CC2)c(Cl)c1. The van der Waals surface area contributed by atoms with Crippen molar-refractivity contribution in [1.82, 2.24) is 4.98 Å². The third kappa shape index (κ3) is 4.28. The van der Waals surface area contributed by atoms with Crippen molar-refractivity contribution in [3.63, 3.8) is 0 Å². The van der Waals surface area contributed by atoms with Gasteiger partial charge in [-0.05, 0) is 42.3 Å². The van der Waals surface area contributed by atoms with E-state index in [1.807, 2.05) is 11.0 Å². The standard InChI is InChI=1S/C19H16ClF5N2O/c20-16-9-14(18(21,22)11-28)10-26-17(16)12-5-7-27(8-6-12)15-3-1-13(2-4-15)19(23,24)25/h1-5,9-10,28H,6-8,11H2. The minimum absolute atomic E-state index is 0.0554. The van der Waals surface area contributed by atoms with Crippen LogP contribution in [0.1, 0.15) is 23.2 Å². The summed E-state index contributed by atoms with van der Waals surface area (Å²) in [5.74, 6) is -3.42. The van der Waals surface area contributed by atoms with Gasteiger partial charge < -0.3 is 10.0 Å². The second kappa shape index (κ2) is 7.67. The Bertz CT molecular complexity index is 881. The normalized spacial score (nSPS) is 15.5. The zero-order valence-corrected chi connectivity index (χ0v) is 15.2. The van der Waals surface area contributed by atoms with Crippen LogP contribution in [0.3, 0.4) is 0 Å². The van der Waals surface area contributed by atoms with E-state index in [2.05, 4.69) is 4.98 Å². The maximum atomic E-state index is 13.5. The molecule has 150 valence electrons. The smallest absolute Gasteiger partial charge is 0.390 e. The first-order valence-corrected chi connectivity index (χ1v) is 8.76. The lowest BCUT2D eigenvalue weighted by Gasteiger charge is -2.29. The van der Waals surface area contributed by atoms with Crippen LogP contribution in [0.2, 0.25) is 5.02 Å². The first-order chi connectivity index (χ1) is 13.1. The largest absolute Gasteiger partial charge is 0.416 e. The Morgan fingerprint density at radius 2 is 1.75 bits per heavy atom. The fourth-order valence-corrected chi connectivity index (χ4v) is 3.23. The molecule has 1 aliphatic heterocycles. The number of halogens is 6. The first-order valence-electron chi connectivity index (χ1n) is 8.38. The molecule has 0 unspecified atom stereocenters. The summed E-state index contributed by atoms with van der Waals surface area (Å²) in [6.45, 7) is -0.397. The minimum atomic E-state index is -4.38. The van der Waals surface area contributed by atoms with Crippen molar-refractivity contribution in [2.45, 2.75) is 18.5 Å². The number of pyridine rings is 1. The van der Waals surface area contributed by atoms with Crippen molar-refractivity contribution in [2.24, 2.45) is 0 Å². The molecule has 0 saturated heterocycles. The van der Waals surface area contributed by atoms with Gasteiger partial charge in [0.2, 0.25) is 0 Å². The van der Waals surface area contributed by atoms with Gasteiger partial charge in [0, 0.05) is 30.5 Å². The molecule has 3 rings (SSSR count). The lowest BCUT2D eigenvalue weighted by molar-refractivity contribution is -0.137. The number of aliphatic hydroxyl groups excluding tert-OH is 1. The summed E-state index contributed by atoms with van der Waals surface area (Å²) < 4.78 is 65.1. The number of rotatable bonds is 4. The van der Waals surface area contributed by atoms with E-state index in [0.29, 0.717) is 30.9 Å². The molecule has 1 aromatic carbocycles. The van der Waals surface area contributed by atoms with Gasteiger partial charge in [0.15, 0.2) is 0 Å². The molecule has 0 radical (unpaired) electrons. The molecule has 1 aromatic heterocycles. The molecule has 0 bridgehead atoms. The molecule has 0 amide bonds. The molecule has 0 atom stereocenters. The number of nitrogens with zero attached hydrogens (tertiary/aromatic N) is 2. The lowest BCUT2D eigenvalue weighted by Crippen LogP contribution is -2.28. The van der Waals surface area contributed by atoms with Crippen molar-refractivity contribution in [1.29, 1.82) is 0 Å². The number of alkyl halides is 5. The van der Waals surface area contributed by atoms with E-state index in [9.17, 15) is 22.0 Å². The highest BCUT2D eigenvalue weighted by Gasteiger charge is 2.32. The summed E-state index contributed by atoms with van der Waals surface area (Å²) in [5, 5.41) is 8.81. The summed E-state index contributed by atoms with van der Waals surface area (Å²) in [5.41, 5.74) is 0.630. The van der Waals surface area contributed by atoms with Crippen molar-refractivity contribution >= 4 is 22.9 Å². The maximum Gasteiger partial charge on any atom is 0.416 e. The van der Waals surface area contributed by atoms with E-state index < -0.39 is 29.8 Å². The summed E-state index contributed by atoms with van der Waals surface area (Å²) in [7, 11) is 0. The van der Waals surface area contributed by atoms with E-state index in [-0.39, 0.29) is 5.02 Å². The molecule has 1 aliphatic rings. The number of anilines is 1. The fraction of sp³-hybridized carbons (Fsp3) is 0.316. The molecular formula is C19H16ClF5N2O. The van der Waals surface area contributed by atoms with Crippen molar-refractivity contribution in [3.05, 3.63) is 64.4 Å². The van der Waals surface area contributed by atoms with Crippen LogP contribution < -0.4 is 4.90 Å². The summed E-state index contributed by atoms with van der Waals surface area (Å²) in [4.78, 5) is 5.91. The molecule has 3 nitrogen and oxygen atoms in total. The van der Waals surface area contributed by atoms with E-state index in [1.165, 1.54) is 12.1 Å². The van der Waals surface area contributed by atoms with Gasteiger partial charge in [-0.1, -0.05) is 17.7 Å². The van der Waals surface area contributed by atoms with Gasteiger partial charge in [-0.3, -0.25) is 4.98 Å². The molecule has 2 aromatic rings. The highest BCUT2D eigenvalue weighted by atomic mass is 35.5. The quantitative estimate of drug-likeness (QED) is 0.699. The number of aliphatic hydroxyl groups is 1. The maximum absolute atomic E-state index is 13.5. The van der Waals surface area contributed by atoms with Gasteiger partial charge in [-0.25, -0.2) is 0 Å². The number of aromatic nitrogens is 1. The van der Waals surface area contributed by atoms with E-state index in [1.54, 1.807) is 0 Å². The van der Waals surface area contributed by atoms with Gasteiger partial charge >= 0.3 is 6.18 Å². The topological polar surface area (TPSA) is 36.4 Å². The highest BCUT2D eigenvalue weighted by molar-refractivity contribution is 6.32. The van der Waals surface area contributed by atoms with Crippen LogP contribution in [0.25, 0.3) is 5.57 Å². The molecule has 0 spiro atoms. The average Bonchev–Trinajstić information content (AvgIpc) is 2.67. The van der Waals surface area contributed by atoms with Crippen LogP contribution in [0.4, 0.5) is 27.6 Å². The fourth-order valence-electron chi connectivity index (χ4n) is 2.95. The second-order valence-electron chi connectivity index (χ2n) is 6.39. The molecule has 2 heterocycles. The molecular weight excluding hydrogens is 403 g/mol. The Hall–Kier alpha value is -2.19. The average molecular weight is 419 g/mol. The van der Waals surface area contributed by atoms with Crippen LogP contribution in [-0.4, -0.2) is 29.8 Å². The molecule has 0 aliphatic carbocycles. The van der Waals surface area contributed by atoms with Crippen LogP contribution >= 0.6 is 11.6 Å². The highest BCUT2D eigenvalue weighted by Crippen LogP contribution is 2.34. The monoisotopic (exact) mass is 418 g/mol. The Balaban J connectivity index is 1.75. The summed E-state index contributed by atoms with van der Waals surface area (Å²) in [6, 6.07) is 5.99. The van der Waals surface area contributed by atoms with Crippen LogP contribution in [0, 0.1) is 0 Å². The first kappa shape index (κ1) is 20.5. The predicted molar refractivity (Wildman–Crippen MR) is 96.5 cm³/mol. The Labute approximate surface area is 163 Å². The molecule has 1 N–H and O–H groups in total. The predicted octanol–water partition coefficient (Wildman–Crippen LogP) is 5.13. The third-order valence-electron chi connectivity index (χ3n) is 4.54. The lowest BCUT2D eigenvalue weighted by atomic mass is 10.0. The second-order valence-corrected chi connectivity index (χ2v) is 6.79.